The Labute approximate surface area is 186 Å². The van der Waals surface area contributed by atoms with Crippen molar-refractivity contribution in [1.82, 2.24) is 20.2 Å². The standard InChI is InChI=1S/C22H27N5O5/c1-22(2,3)32-21(30)26-19(20(29)25-10-9-18(28)31-4)17-12-24-14-27(17)13-16-7-5-15(11-23)6-8-16/h5-8,12,14,19H,9-10,13H2,1-4H3,(H,25,29)(H,26,30)/t19-/m0/s1. The number of rotatable bonds is 8. The molecule has 10 heteroatoms. The summed E-state index contributed by atoms with van der Waals surface area (Å²) in [6.07, 6.45) is 2.24. The van der Waals surface area contributed by atoms with Gasteiger partial charge in [0.25, 0.3) is 0 Å². The number of ether oxygens (including phenoxy) is 2. The number of nitriles is 1. The van der Waals surface area contributed by atoms with Gasteiger partial charge >= 0.3 is 12.1 Å². The first-order chi connectivity index (χ1) is 15.1. The fourth-order valence-electron chi connectivity index (χ4n) is 2.78. The van der Waals surface area contributed by atoms with Crippen molar-refractivity contribution in [1.29, 1.82) is 5.26 Å². The molecule has 170 valence electrons. The van der Waals surface area contributed by atoms with Gasteiger partial charge in [0.05, 0.1) is 43.4 Å². The van der Waals surface area contributed by atoms with Crippen LogP contribution in [-0.2, 0) is 25.6 Å². The highest BCUT2D eigenvalue weighted by atomic mass is 16.6. The Morgan fingerprint density at radius 2 is 1.91 bits per heavy atom. The molecule has 0 aliphatic heterocycles. The number of esters is 1. The van der Waals surface area contributed by atoms with Crippen LogP contribution >= 0.6 is 0 Å². The van der Waals surface area contributed by atoms with Crippen LogP contribution in [0.5, 0.6) is 0 Å². The van der Waals surface area contributed by atoms with Crippen LogP contribution < -0.4 is 10.6 Å². The van der Waals surface area contributed by atoms with Gasteiger partial charge in [-0.3, -0.25) is 9.59 Å². The van der Waals surface area contributed by atoms with Crippen molar-refractivity contribution in [3.8, 4) is 6.07 Å². The van der Waals surface area contributed by atoms with Crippen molar-refractivity contribution in [2.24, 2.45) is 0 Å². The normalized spacial score (nSPS) is 11.7. The van der Waals surface area contributed by atoms with Gasteiger partial charge in [-0.15, -0.1) is 0 Å². The highest BCUT2D eigenvalue weighted by molar-refractivity contribution is 5.86. The second-order valence-corrected chi connectivity index (χ2v) is 7.95. The number of hydrogen-bond donors (Lipinski definition) is 2. The van der Waals surface area contributed by atoms with E-state index in [0.717, 1.165) is 5.56 Å². The predicted molar refractivity (Wildman–Crippen MR) is 114 cm³/mol. The summed E-state index contributed by atoms with van der Waals surface area (Å²) in [5.74, 6) is -0.992. The van der Waals surface area contributed by atoms with Gasteiger partial charge in [-0.25, -0.2) is 9.78 Å². The molecule has 2 amide bonds. The lowest BCUT2D eigenvalue weighted by Gasteiger charge is -2.24. The Morgan fingerprint density at radius 3 is 2.50 bits per heavy atom. The van der Waals surface area contributed by atoms with E-state index in [9.17, 15) is 14.4 Å². The Morgan fingerprint density at radius 1 is 1.22 bits per heavy atom. The first-order valence-corrected chi connectivity index (χ1v) is 9.96. The van der Waals surface area contributed by atoms with E-state index in [-0.39, 0.29) is 13.0 Å². The number of nitrogens with one attached hydrogen (secondary N) is 2. The Kier molecular flexibility index (Phi) is 8.35. The van der Waals surface area contributed by atoms with Crippen LogP contribution in [0.2, 0.25) is 0 Å². The molecular weight excluding hydrogens is 414 g/mol. The maximum Gasteiger partial charge on any atom is 0.408 e. The topological polar surface area (TPSA) is 135 Å². The number of carbonyl (C=O) groups is 3. The SMILES string of the molecule is COC(=O)CCNC(=O)[C@@H](NC(=O)OC(C)(C)C)c1cncn1Cc1ccc(C#N)cc1. The summed E-state index contributed by atoms with van der Waals surface area (Å²) in [4.78, 5) is 40.7. The third-order valence-corrected chi connectivity index (χ3v) is 4.26. The third-order valence-electron chi connectivity index (χ3n) is 4.26. The highest BCUT2D eigenvalue weighted by Gasteiger charge is 2.28. The zero-order valence-corrected chi connectivity index (χ0v) is 18.5. The van der Waals surface area contributed by atoms with Crippen LogP contribution in [0.4, 0.5) is 4.79 Å². The molecule has 32 heavy (non-hydrogen) atoms. The van der Waals surface area contributed by atoms with Crippen LogP contribution in [0.3, 0.4) is 0 Å². The van der Waals surface area contributed by atoms with Crippen molar-refractivity contribution in [2.45, 2.75) is 45.4 Å². The number of imidazole rings is 1. The number of methoxy groups -OCH3 is 1. The molecule has 2 aromatic rings. The molecule has 0 unspecified atom stereocenters. The first-order valence-electron chi connectivity index (χ1n) is 9.96. The Hall–Kier alpha value is -3.87. The molecule has 0 aliphatic carbocycles. The molecule has 0 fully saturated rings. The molecule has 0 bridgehead atoms. The van der Waals surface area contributed by atoms with Gasteiger partial charge < -0.3 is 24.7 Å². The van der Waals surface area contributed by atoms with E-state index in [1.54, 1.807) is 55.9 Å². The monoisotopic (exact) mass is 441 g/mol. The zero-order chi connectivity index (χ0) is 23.7. The largest absolute Gasteiger partial charge is 0.469 e. The smallest absolute Gasteiger partial charge is 0.408 e. The third kappa shape index (κ3) is 7.43. The van der Waals surface area contributed by atoms with Crippen molar-refractivity contribution in [3.63, 3.8) is 0 Å². The second-order valence-electron chi connectivity index (χ2n) is 7.95. The molecule has 0 spiro atoms. The molecule has 10 nitrogen and oxygen atoms in total. The lowest BCUT2D eigenvalue weighted by molar-refractivity contribution is -0.140. The molecule has 0 saturated heterocycles. The maximum absolute atomic E-state index is 12.9. The number of amides is 2. The molecule has 0 saturated carbocycles. The molecule has 1 aromatic heterocycles. The lowest BCUT2D eigenvalue weighted by Crippen LogP contribution is -2.43. The highest BCUT2D eigenvalue weighted by Crippen LogP contribution is 2.17. The van der Waals surface area contributed by atoms with Crippen LogP contribution in [0.1, 0.15) is 50.1 Å². The molecule has 2 N–H and O–H groups in total. The first kappa shape index (κ1) is 24.4. The average Bonchev–Trinajstić information content (AvgIpc) is 3.18. The fourth-order valence-corrected chi connectivity index (χ4v) is 2.78. The van der Waals surface area contributed by atoms with Crippen LogP contribution in [0.25, 0.3) is 0 Å². The van der Waals surface area contributed by atoms with Gasteiger partial charge in [-0.2, -0.15) is 5.26 Å². The minimum atomic E-state index is -1.11. The summed E-state index contributed by atoms with van der Waals surface area (Å²) in [6.45, 7) is 5.55. The molecule has 1 heterocycles. The van der Waals surface area contributed by atoms with E-state index in [1.807, 2.05) is 0 Å². The number of benzene rings is 1. The number of alkyl carbamates (subject to hydrolysis) is 1. The molecule has 1 aromatic carbocycles. The van der Waals surface area contributed by atoms with Gasteiger partial charge in [-0.05, 0) is 38.5 Å². The molecule has 1 atom stereocenters. The summed E-state index contributed by atoms with van der Waals surface area (Å²) < 4.78 is 11.6. The van der Waals surface area contributed by atoms with Gasteiger partial charge in [0.2, 0.25) is 5.91 Å². The van der Waals surface area contributed by atoms with Gasteiger partial charge in [0, 0.05) is 13.1 Å². The number of carbonyl (C=O) groups excluding carboxylic acids is 3. The minimum Gasteiger partial charge on any atom is -0.469 e. The predicted octanol–water partition coefficient (Wildman–Crippen LogP) is 2.05. The Balaban J connectivity index is 2.23. The van der Waals surface area contributed by atoms with E-state index in [2.05, 4.69) is 26.4 Å². The van der Waals surface area contributed by atoms with E-state index < -0.39 is 29.6 Å². The van der Waals surface area contributed by atoms with E-state index in [1.165, 1.54) is 13.3 Å². The number of hydrogen-bond acceptors (Lipinski definition) is 7. The second kappa shape index (κ2) is 10.9. The van der Waals surface area contributed by atoms with Crippen LogP contribution in [0, 0.1) is 11.3 Å². The van der Waals surface area contributed by atoms with E-state index in [0.29, 0.717) is 17.8 Å². The van der Waals surface area contributed by atoms with Gasteiger partial charge in [0.1, 0.15) is 5.60 Å². The molecule has 0 radical (unpaired) electrons. The lowest BCUT2D eigenvalue weighted by atomic mass is 10.1. The van der Waals surface area contributed by atoms with Crippen molar-refractivity contribution < 1.29 is 23.9 Å². The van der Waals surface area contributed by atoms with E-state index in [4.69, 9.17) is 10.00 Å². The summed E-state index contributed by atoms with van der Waals surface area (Å²) >= 11 is 0. The fraction of sp³-hybridized carbons (Fsp3) is 0.409. The van der Waals surface area contributed by atoms with Gasteiger partial charge in [0.15, 0.2) is 6.04 Å². The Bertz CT molecular complexity index is 985. The zero-order valence-electron chi connectivity index (χ0n) is 18.5. The van der Waals surface area contributed by atoms with Crippen molar-refractivity contribution in [3.05, 3.63) is 53.6 Å². The maximum atomic E-state index is 12.9. The summed E-state index contributed by atoms with van der Waals surface area (Å²) in [5, 5.41) is 14.2. The summed E-state index contributed by atoms with van der Waals surface area (Å²) in [7, 11) is 1.26. The summed E-state index contributed by atoms with van der Waals surface area (Å²) in [6, 6.07) is 7.95. The van der Waals surface area contributed by atoms with E-state index >= 15 is 0 Å². The van der Waals surface area contributed by atoms with Crippen LogP contribution in [0.15, 0.2) is 36.8 Å². The average molecular weight is 441 g/mol. The number of nitrogens with zero attached hydrogens (tertiary/aromatic N) is 3. The minimum absolute atomic E-state index is 0.00803. The summed E-state index contributed by atoms with van der Waals surface area (Å²) in [5.41, 5.74) is 1.09. The number of aromatic nitrogens is 2. The molecule has 2 rings (SSSR count). The van der Waals surface area contributed by atoms with Gasteiger partial charge in [-0.1, -0.05) is 12.1 Å². The van der Waals surface area contributed by atoms with Crippen LogP contribution in [-0.4, -0.2) is 46.8 Å². The molecular formula is C22H27N5O5. The van der Waals surface area contributed by atoms with Crippen molar-refractivity contribution >= 4 is 18.0 Å². The quantitative estimate of drug-likeness (QED) is 0.599. The van der Waals surface area contributed by atoms with Crippen molar-refractivity contribution in [2.75, 3.05) is 13.7 Å². The molecule has 0 aliphatic rings.